The molecule has 0 fully saturated rings. The molecule has 0 saturated heterocycles. The average Bonchev–Trinajstić information content (AvgIpc) is 3.59. The molecule has 3 N–H and O–H groups in total. The molecular weight excluding hydrogens is 1090 g/mol. The molecule has 0 aliphatic heterocycles. The molecule has 0 aromatic rings. The van der Waals surface area contributed by atoms with E-state index in [0.29, 0.717) is 19.4 Å². The molecule has 0 radical (unpaired) electrons. The third-order valence-corrected chi connectivity index (χ3v) is 19.1. The minimum atomic E-state index is -0.841. The van der Waals surface area contributed by atoms with Crippen LogP contribution in [0.5, 0.6) is 0 Å². The van der Waals surface area contributed by atoms with Crippen LogP contribution in [0.15, 0.2) is 36.5 Å². The summed E-state index contributed by atoms with van der Waals surface area (Å²) in [4.78, 5) is 24.6. The van der Waals surface area contributed by atoms with E-state index in [1.807, 2.05) is 6.08 Å². The topological polar surface area (TPSA) is 95.9 Å². The van der Waals surface area contributed by atoms with Crippen molar-refractivity contribution in [1.29, 1.82) is 0 Å². The van der Waals surface area contributed by atoms with Crippen molar-refractivity contribution in [2.24, 2.45) is 0 Å². The molecule has 1 amide bonds. The number of unbranched alkanes of at least 4 members (excludes halogenated alkanes) is 62. The van der Waals surface area contributed by atoms with Gasteiger partial charge < -0.3 is 20.3 Å². The molecule has 2 unspecified atom stereocenters. The van der Waals surface area contributed by atoms with Crippen LogP contribution in [0, 0.1) is 0 Å². The summed E-state index contributed by atoms with van der Waals surface area (Å²) in [6.45, 7) is 4.94. The second kappa shape index (κ2) is 78.5. The predicted molar refractivity (Wildman–Crippen MR) is 393 cm³/mol. The van der Waals surface area contributed by atoms with Crippen LogP contribution >= 0.6 is 0 Å². The second-order valence-corrected chi connectivity index (χ2v) is 28.1. The van der Waals surface area contributed by atoms with Gasteiger partial charge in [-0.3, -0.25) is 9.59 Å². The maximum absolute atomic E-state index is 12.5. The van der Waals surface area contributed by atoms with Gasteiger partial charge in [-0.05, 0) is 83.5 Å². The number of aliphatic hydroxyl groups excluding tert-OH is 2. The monoisotopic (exact) mass is 1250 g/mol. The highest BCUT2D eigenvalue weighted by atomic mass is 16.5. The van der Waals surface area contributed by atoms with E-state index in [9.17, 15) is 19.8 Å². The van der Waals surface area contributed by atoms with Crippen molar-refractivity contribution in [3.63, 3.8) is 0 Å². The normalized spacial score (nSPS) is 12.6. The molecule has 6 nitrogen and oxygen atoms in total. The van der Waals surface area contributed by atoms with E-state index in [2.05, 4.69) is 43.5 Å². The number of amides is 1. The van der Waals surface area contributed by atoms with Gasteiger partial charge in [-0.1, -0.05) is 397 Å². The highest BCUT2D eigenvalue weighted by Gasteiger charge is 2.18. The van der Waals surface area contributed by atoms with Crippen molar-refractivity contribution in [1.82, 2.24) is 5.32 Å². The van der Waals surface area contributed by atoms with Gasteiger partial charge in [0, 0.05) is 12.8 Å². The summed E-state index contributed by atoms with van der Waals surface area (Å²) in [5.74, 6) is -0.0407. The molecule has 0 aliphatic carbocycles. The molecule has 0 saturated carbocycles. The molecule has 0 spiro atoms. The molecule has 0 bridgehead atoms. The lowest BCUT2D eigenvalue weighted by Crippen LogP contribution is -2.45. The Morgan fingerprint density at radius 3 is 0.798 bits per heavy atom. The highest BCUT2D eigenvalue weighted by Crippen LogP contribution is 2.20. The van der Waals surface area contributed by atoms with E-state index in [-0.39, 0.29) is 18.5 Å². The fourth-order valence-electron chi connectivity index (χ4n) is 12.9. The van der Waals surface area contributed by atoms with Crippen molar-refractivity contribution in [3.8, 4) is 0 Å². The van der Waals surface area contributed by atoms with Crippen LogP contribution in [0.4, 0.5) is 0 Å². The largest absolute Gasteiger partial charge is 0.466 e. The van der Waals surface area contributed by atoms with Crippen molar-refractivity contribution in [3.05, 3.63) is 36.5 Å². The maximum atomic E-state index is 12.5. The zero-order valence-electron chi connectivity index (χ0n) is 60.4. The molecule has 6 heteroatoms. The van der Waals surface area contributed by atoms with Gasteiger partial charge in [0.25, 0.3) is 0 Å². The molecule has 2 atom stereocenters. The van der Waals surface area contributed by atoms with Gasteiger partial charge in [-0.25, -0.2) is 0 Å². The smallest absolute Gasteiger partial charge is 0.305 e. The van der Waals surface area contributed by atoms with E-state index in [0.717, 1.165) is 38.5 Å². The van der Waals surface area contributed by atoms with Crippen LogP contribution in [0.3, 0.4) is 0 Å². The number of ether oxygens (including phenoxy) is 1. The van der Waals surface area contributed by atoms with Gasteiger partial charge in [0.15, 0.2) is 0 Å². The summed E-state index contributed by atoms with van der Waals surface area (Å²) in [7, 11) is 0. The summed E-state index contributed by atoms with van der Waals surface area (Å²) in [5.41, 5.74) is 0. The number of carbonyl (C=O) groups is 2. The summed E-state index contributed by atoms with van der Waals surface area (Å²) in [5, 5.41) is 23.2. The molecule has 0 heterocycles. The first-order chi connectivity index (χ1) is 44.0. The molecule has 0 aliphatic rings. The molecule has 0 rings (SSSR count). The highest BCUT2D eigenvalue weighted by molar-refractivity contribution is 5.76. The van der Waals surface area contributed by atoms with E-state index in [1.54, 1.807) is 6.08 Å². The first-order valence-electron chi connectivity index (χ1n) is 40.8. The third-order valence-electron chi connectivity index (χ3n) is 19.1. The molecule has 0 aromatic heterocycles. The number of hydrogen-bond acceptors (Lipinski definition) is 5. The maximum Gasteiger partial charge on any atom is 0.305 e. The standard InChI is InChI=1S/C83H159NO5/c1-3-5-7-9-11-13-15-17-19-20-45-49-53-57-61-65-69-73-77-83(88)89-78-74-70-66-62-58-54-50-46-43-41-39-37-35-33-31-29-27-25-23-21-22-24-26-28-30-32-34-36-38-40-42-44-48-52-56-60-64-68-72-76-82(87)84-80(79-85)81(86)75-71-67-63-59-55-51-47-18-16-14-12-10-8-6-4-2/h19-22,71,75,80-81,85-86H,3-18,23-70,72-74,76-79H2,1-2H3,(H,84,87)/b20-19-,22-21-,75-71+. The van der Waals surface area contributed by atoms with Gasteiger partial charge in [0.1, 0.15) is 0 Å². The minimum absolute atomic E-state index is 0.0201. The lowest BCUT2D eigenvalue weighted by atomic mass is 10.0. The fourth-order valence-corrected chi connectivity index (χ4v) is 12.9. The predicted octanol–water partition coefficient (Wildman–Crippen LogP) is 27.0. The Morgan fingerprint density at radius 1 is 0.303 bits per heavy atom. The summed E-state index contributed by atoms with van der Waals surface area (Å²) in [6, 6.07) is -0.624. The summed E-state index contributed by atoms with van der Waals surface area (Å²) < 4.78 is 5.52. The zero-order chi connectivity index (χ0) is 64.2. The van der Waals surface area contributed by atoms with Crippen LogP contribution in [-0.4, -0.2) is 47.4 Å². The number of nitrogens with one attached hydrogen (secondary N) is 1. The van der Waals surface area contributed by atoms with Crippen LogP contribution < -0.4 is 5.32 Å². The van der Waals surface area contributed by atoms with Gasteiger partial charge in [0.05, 0.1) is 25.4 Å². The molecule has 89 heavy (non-hydrogen) atoms. The van der Waals surface area contributed by atoms with Crippen LogP contribution in [0.2, 0.25) is 0 Å². The minimum Gasteiger partial charge on any atom is -0.466 e. The third kappa shape index (κ3) is 75.0. The van der Waals surface area contributed by atoms with E-state index < -0.39 is 12.1 Å². The number of aliphatic hydroxyl groups is 2. The number of rotatable bonds is 77. The number of hydrogen-bond donors (Lipinski definition) is 3. The Hall–Kier alpha value is -1.92. The quantitative estimate of drug-likeness (QED) is 0.0320. The van der Waals surface area contributed by atoms with E-state index in [4.69, 9.17) is 4.74 Å². The zero-order valence-corrected chi connectivity index (χ0v) is 60.4. The fraction of sp³-hybridized carbons (Fsp3) is 0.904. The average molecular weight is 1250 g/mol. The van der Waals surface area contributed by atoms with Gasteiger partial charge >= 0.3 is 5.97 Å². The SMILES string of the molecule is CCCCCCCCC/C=C\CCCCCCCCCC(=O)OCCCCCCCCCCCCCCCCCCCC/C=C\CCCCCCCCCCCCCCCCCCCC(=O)NC(CO)C(O)/C=C/CCCCCCCCCCCCCCC. The van der Waals surface area contributed by atoms with Gasteiger partial charge in [-0.2, -0.15) is 0 Å². The van der Waals surface area contributed by atoms with Crippen molar-refractivity contribution < 1.29 is 24.5 Å². The van der Waals surface area contributed by atoms with Crippen LogP contribution in [0.25, 0.3) is 0 Å². The second-order valence-electron chi connectivity index (χ2n) is 28.1. The Labute approximate surface area is 557 Å². The number of esters is 1. The summed E-state index contributed by atoms with van der Waals surface area (Å²) >= 11 is 0. The summed E-state index contributed by atoms with van der Waals surface area (Å²) in [6.07, 6.45) is 103. The van der Waals surface area contributed by atoms with Crippen LogP contribution in [-0.2, 0) is 14.3 Å². The van der Waals surface area contributed by atoms with Gasteiger partial charge in [-0.15, -0.1) is 0 Å². The van der Waals surface area contributed by atoms with Crippen LogP contribution in [0.1, 0.15) is 457 Å². The Kier molecular flexibility index (Phi) is 76.8. The first-order valence-corrected chi connectivity index (χ1v) is 40.8. The Morgan fingerprint density at radius 2 is 0.528 bits per heavy atom. The van der Waals surface area contributed by atoms with Crippen molar-refractivity contribution >= 4 is 11.9 Å². The lowest BCUT2D eigenvalue weighted by molar-refractivity contribution is -0.143. The van der Waals surface area contributed by atoms with Gasteiger partial charge in [0.2, 0.25) is 5.91 Å². The Bertz CT molecular complexity index is 1440. The van der Waals surface area contributed by atoms with Crippen molar-refractivity contribution in [2.75, 3.05) is 13.2 Å². The lowest BCUT2D eigenvalue weighted by Gasteiger charge is -2.20. The van der Waals surface area contributed by atoms with Crippen molar-refractivity contribution in [2.45, 2.75) is 469 Å². The molecule has 0 aromatic carbocycles. The number of carbonyl (C=O) groups excluding carboxylic acids is 2. The molecular formula is C83H159NO5. The Balaban J connectivity index is 3.32. The molecule has 526 valence electrons. The van der Waals surface area contributed by atoms with E-state index in [1.165, 1.54) is 392 Å². The number of allylic oxidation sites excluding steroid dienone is 5. The van der Waals surface area contributed by atoms with E-state index >= 15 is 0 Å². The first kappa shape index (κ1) is 87.1.